The molecule has 0 saturated heterocycles. The molecule has 2 rings (SSSR count). The maximum atomic E-state index is 5.37. The molecule has 3 nitrogen and oxygen atoms in total. The zero-order valence-electron chi connectivity index (χ0n) is 14.1. The molecule has 0 aliphatic heterocycles. The Bertz CT molecular complexity index is 457. The number of aryl methyl sites for hydroxylation is 1. The molecule has 3 heteroatoms. The lowest BCUT2D eigenvalue weighted by Crippen LogP contribution is -2.39. The first-order valence-electron chi connectivity index (χ1n) is 8.08. The number of rotatable bonds is 7. The summed E-state index contributed by atoms with van der Waals surface area (Å²) in [6.07, 6.45) is 3.61. The van der Waals surface area contributed by atoms with Crippen LogP contribution in [0.5, 0.6) is 5.75 Å². The Balaban J connectivity index is 1.99. The summed E-state index contributed by atoms with van der Waals surface area (Å²) < 4.78 is 5.37. The number of methoxy groups -OCH3 is 1. The summed E-state index contributed by atoms with van der Waals surface area (Å²) in [5, 5.41) is 3.78. The van der Waals surface area contributed by atoms with Gasteiger partial charge < -0.3 is 15.0 Å². The van der Waals surface area contributed by atoms with E-state index < -0.39 is 0 Å². The highest BCUT2D eigenvalue weighted by atomic mass is 16.5. The van der Waals surface area contributed by atoms with Crippen LogP contribution in [0.4, 0.5) is 0 Å². The Kier molecular flexibility index (Phi) is 5.65. The molecule has 0 spiro atoms. The Morgan fingerprint density at radius 3 is 2.71 bits per heavy atom. The van der Waals surface area contributed by atoms with Gasteiger partial charge in [0.2, 0.25) is 0 Å². The number of ether oxygens (including phenoxy) is 1. The van der Waals surface area contributed by atoms with E-state index in [0.717, 1.165) is 18.2 Å². The second-order valence-corrected chi connectivity index (χ2v) is 6.81. The Labute approximate surface area is 129 Å². The lowest BCUT2D eigenvalue weighted by atomic mass is 10.0. The van der Waals surface area contributed by atoms with Crippen molar-refractivity contribution in [3.63, 3.8) is 0 Å². The third kappa shape index (κ3) is 4.21. The van der Waals surface area contributed by atoms with Gasteiger partial charge in [0.15, 0.2) is 0 Å². The van der Waals surface area contributed by atoms with Gasteiger partial charge in [0, 0.05) is 18.6 Å². The molecular formula is C18H30N2O. The fraction of sp³-hybridized carbons (Fsp3) is 0.667. The van der Waals surface area contributed by atoms with E-state index in [4.69, 9.17) is 4.74 Å². The number of benzene rings is 1. The highest BCUT2D eigenvalue weighted by molar-refractivity contribution is 5.40. The van der Waals surface area contributed by atoms with Crippen LogP contribution in [0.15, 0.2) is 18.2 Å². The van der Waals surface area contributed by atoms with Crippen LogP contribution in [0, 0.1) is 5.92 Å². The van der Waals surface area contributed by atoms with E-state index in [0.29, 0.717) is 12.1 Å². The first-order valence-corrected chi connectivity index (χ1v) is 8.08. The molecule has 0 heterocycles. The summed E-state index contributed by atoms with van der Waals surface area (Å²) in [6, 6.07) is 7.56. The molecule has 0 radical (unpaired) electrons. The second kappa shape index (κ2) is 7.28. The third-order valence-corrected chi connectivity index (χ3v) is 4.50. The van der Waals surface area contributed by atoms with E-state index in [1.165, 1.54) is 30.4 Å². The molecule has 1 N–H and O–H groups in total. The molecule has 2 unspecified atom stereocenters. The van der Waals surface area contributed by atoms with Gasteiger partial charge in [-0.05, 0) is 62.5 Å². The van der Waals surface area contributed by atoms with Crippen LogP contribution in [-0.4, -0.2) is 38.7 Å². The van der Waals surface area contributed by atoms with Gasteiger partial charge in [0.25, 0.3) is 0 Å². The van der Waals surface area contributed by atoms with Crippen molar-refractivity contribution in [1.82, 2.24) is 10.2 Å². The molecule has 21 heavy (non-hydrogen) atoms. The smallest absolute Gasteiger partial charge is 0.119 e. The highest BCUT2D eigenvalue weighted by Gasteiger charge is 2.24. The van der Waals surface area contributed by atoms with Gasteiger partial charge in [-0.1, -0.05) is 19.9 Å². The number of hydrogen-bond acceptors (Lipinski definition) is 3. The van der Waals surface area contributed by atoms with E-state index >= 15 is 0 Å². The minimum atomic E-state index is 0.477. The molecule has 1 aromatic carbocycles. The van der Waals surface area contributed by atoms with Crippen LogP contribution in [0.25, 0.3) is 0 Å². The van der Waals surface area contributed by atoms with Crippen molar-refractivity contribution in [2.24, 2.45) is 5.92 Å². The zero-order valence-corrected chi connectivity index (χ0v) is 14.1. The summed E-state index contributed by atoms with van der Waals surface area (Å²) in [4.78, 5) is 2.34. The molecule has 0 saturated carbocycles. The van der Waals surface area contributed by atoms with Crippen molar-refractivity contribution < 1.29 is 4.74 Å². The van der Waals surface area contributed by atoms with Crippen LogP contribution in [0.3, 0.4) is 0 Å². The minimum absolute atomic E-state index is 0.477. The van der Waals surface area contributed by atoms with Gasteiger partial charge >= 0.3 is 0 Å². The van der Waals surface area contributed by atoms with Crippen LogP contribution in [-0.2, 0) is 6.42 Å². The van der Waals surface area contributed by atoms with Crippen LogP contribution in [0.1, 0.15) is 43.9 Å². The van der Waals surface area contributed by atoms with Crippen LogP contribution >= 0.6 is 0 Å². The second-order valence-electron chi connectivity index (χ2n) is 6.81. The lowest BCUT2D eigenvalue weighted by Gasteiger charge is -2.28. The van der Waals surface area contributed by atoms with Gasteiger partial charge in [-0.2, -0.15) is 0 Å². The van der Waals surface area contributed by atoms with Gasteiger partial charge in [0.05, 0.1) is 7.11 Å². The van der Waals surface area contributed by atoms with E-state index in [2.05, 4.69) is 56.4 Å². The molecular weight excluding hydrogens is 260 g/mol. The standard InChI is InChI=1S/C18H30N2O/c1-13(2)10-15(20(3)4)12-19-18-9-7-14-6-8-16(21-5)11-17(14)18/h6,8,11,13,15,18-19H,7,9-10,12H2,1-5H3. The number of fused-ring (bicyclic) bond motifs is 1. The number of nitrogens with zero attached hydrogens (tertiary/aromatic N) is 1. The van der Waals surface area contributed by atoms with E-state index in [9.17, 15) is 0 Å². The Morgan fingerprint density at radius 1 is 1.33 bits per heavy atom. The largest absolute Gasteiger partial charge is 0.497 e. The third-order valence-electron chi connectivity index (χ3n) is 4.50. The fourth-order valence-electron chi connectivity index (χ4n) is 3.22. The van der Waals surface area contributed by atoms with Gasteiger partial charge in [-0.15, -0.1) is 0 Å². The highest BCUT2D eigenvalue weighted by Crippen LogP contribution is 2.33. The molecule has 118 valence electrons. The SMILES string of the molecule is COc1ccc2c(c1)C(NCC(CC(C)C)N(C)C)CC2. The van der Waals surface area contributed by atoms with Gasteiger partial charge in [0.1, 0.15) is 5.75 Å². The van der Waals surface area contributed by atoms with E-state index in [1.807, 2.05) is 0 Å². The van der Waals surface area contributed by atoms with E-state index in [-0.39, 0.29) is 0 Å². The quantitative estimate of drug-likeness (QED) is 0.834. The van der Waals surface area contributed by atoms with Crippen molar-refractivity contribution in [3.8, 4) is 5.75 Å². The zero-order chi connectivity index (χ0) is 15.4. The Hall–Kier alpha value is -1.06. The molecule has 2 atom stereocenters. The topological polar surface area (TPSA) is 24.5 Å². The van der Waals surface area contributed by atoms with Crippen molar-refractivity contribution in [2.45, 2.75) is 45.2 Å². The predicted molar refractivity (Wildman–Crippen MR) is 89.0 cm³/mol. The van der Waals surface area contributed by atoms with Crippen LogP contribution in [0.2, 0.25) is 0 Å². The molecule has 1 aromatic rings. The van der Waals surface area contributed by atoms with Gasteiger partial charge in [-0.3, -0.25) is 0 Å². The van der Waals surface area contributed by atoms with Crippen molar-refractivity contribution in [2.75, 3.05) is 27.7 Å². The average molecular weight is 290 g/mol. The van der Waals surface area contributed by atoms with Crippen molar-refractivity contribution in [1.29, 1.82) is 0 Å². The summed E-state index contributed by atoms with van der Waals surface area (Å²) >= 11 is 0. The molecule has 0 aromatic heterocycles. The maximum Gasteiger partial charge on any atom is 0.119 e. The monoisotopic (exact) mass is 290 g/mol. The summed E-state index contributed by atoms with van der Waals surface area (Å²) in [5.74, 6) is 1.70. The molecule has 0 bridgehead atoms. The molecule has 1 aliphatic rings. The minimum Gasteiger partial charge on any atom is -0.497 e. The van der Waals surface area contributed by atoms with Crippen molar-refractivity contribution >= 4 is 0 Å². The summed E-state index contributed by atoms with van der Waals surface area (Å²) in [7, 11) is 6.10. The summed E-state index contributed by atoms with van der Waals surface area (Å²) in [6.45, 7) is 5.64. The maximum absolute atomic E-state index is 5.37. The first-order chi connectivity index (χ1) is 10.0. The Morgan fingerprint density at radius 2 is 2.10 bits per heavy atom. The van der Waals surface area contributed by atoms with Gasteiger partial charge in [-0.25, -0.2) is 0 Å². The van der Waals surface area contributed by atoms with Crippen molar-refractivity contribution in [3.05, 3.63) is 29.3 Å². The lowest BCUT2D eigenvalue weighted by molar-refractivity contribution is 0.240. The predicted octanol–water partition coefficient (Wildman–Crippen LogP) is 3.25. The normalized spacial score (nSPS) is 19.1. The van der Waals surface area contributed by atoms with Crippen LogP contribution < -0.4 is 10.1 Å². The average Bonchev–Trinajstić information content (AvgIpc) is 2.85. The molecule has 1 aliphatic carbocycles. The number of hydrogen-bond donors (Lipinski definition) is 1. The summed E-state index contributed by atoms with van der Waals surface area (Å²) in [5.41, 5.74) is 2.90. The first kappa shape index (κ1) is 16.3. The fourth-order valence-corrected chi connectivity index (χ4v) is 3.22. The van der Waals surface area contributed by atoms with E-state index in [1.54, 1.807) is 7.11 Å². The molecule has 0 amide bonds. The molecule has 0 fully saturated rings. The number of likely N-dealkylation sites (N-methyl/N-ethyl adjacent to an activating group) is 1. The number of nitrogens with one attached hydrogen (secondary N) is 1.